The first-order chi connectivity index (χ1) is 13.1. The lowest BCUT2D eigenvalue weighted by Gasteiger charge is -2.24. The molecule has 0 unspecified atom stereocenters. The smallest absolute Gasteiger partial charge is 0.271 e. The summed E-state index contributed by atoms with van der Waals surface area (Å²) in [6.07, 6.45) is 3.16. The molecule has 2 aromatic heterocycles. The summed E-state index contributed by atoms with van der Waals surface area (Å²) in [5, 5.41) is 0.812. The van der Waals surface area contributed by atoms with Gasteiger partial charge in [-0.15, -0.1) is 0 Å². The van der Waals surface area contributed by atoms with E-state index < -0.39 is 0 Å². The number of benzene rings is 1. The second-order valence-corrected chi connectivity index (χ2v) is 8.29. The highest BCUT2D eigenvalue weighted by atomic mass is 32.1. The third-order valence-corrected chi connectivity index (χ3v) is 6.68. The van der Waals surface area contributed by atoms with Crippen LogP contribution in [0.3, 0.4) is 0 Å². The van der Waals surface area contributed by atoms with Gasteiger partial charge in [-0.2, -0.15) is 0 Å². The van der Waals surface area contributed by atoms with Crippen LogP contribution in [-0.2, 0) is 0 Å². The molecule has 0 spiro atoms. The van der Waals surface area contributed by atoms with E-state index in [1.54, 1.807) is 7.11 Å². The molecule has 142 valence electrons. The summed E-state index contributed by atoms with van der Waals surface area (Å²) >= 11 is 1.24. The van der Waals surface area contributed by atoms with Gasteiger partial charge in [-0.1, -0.05) is 0 Å². The molecule has 5 rings (SSSR count). The molecule has 3 N–H and O–H groups in total. The van der Waals surface area contributed by atoms with Crippen LogP contribution in [0.5, 0.6) is 5.75 Å². The van der Waals surface area contributed by atoms with Crippen molar-refractivity contribution in [3.8, 4) is 5.75 Å². The van der Waals surface area contributed by atoms with Gasteiger partial charge in [0.2, 0.25) is 5.43 Å². The number of anilines is 1. The minimum atomic E-state index is -0.301. The van der Waals surface area contributed by atoms with Crippen molar-refractivity contribution in [1.29, 1.82) is 0 Å². The van der Waals surface area contributed by atoms with Crippen LogP contribution in [0, 0.1) is 5.92 Å². The summed E-state index contributed by atoms with van der Waals surface area (Å²) in [7, 11) is 1.65. The summed E-state index contributed by atoms with van der Waals surface area (Å²) in [6.45, 7) is 2.50. The third-order valence-electron chi connectivity index (χ3n) is 5.80. The van der Waals surface area contributed by atoms with E-state index in [0.717, 1.165) is 54.1 Å². The van der Waals surface area contributed by atoms with Crippen LogP contribution in [0.4, 0.5) is 5.69 Å². The predicted octanol–water partition coefficient (Wildman–Crippen LogP) is 2.03. The van der Waals surface area contributed by atoms with Gasteiger partial charge in [0.15, 0.2) is 5.75 Å². The number of fused-ring (bicyclic) bond motifs is 2. The van der Waals surface area contributed by atoms with Crippen molar-refractivity contribution in [2.75, 3.05) is 31.6 Å². The molecule has 0 amide bonds. The molecule has 0 bridgehead atoms. The van der Waals surface area contributed by atoms with E-state index in [1.165, 1.54) is 11.5 Å². The summed E-state index contributed by atoms with van der Waals surface area (Å²) in [5.41, 5.74) is 7.14. The lowest BCUT2D eigenvalue weighted by atomic mass is 10.1. The normalized spacial score (nSPS) is 20.1. The number of nitrogens with two attached hydrogens (primary N) is 1. The van der Waals surface area contributed by atoms with Gasteiger partial charge in [0, 0.05) is 19.1 Å². The standard InChI is InChI=1S/C19H22N4O3S/c1-26-17-13(22-7-6-10(8-20)9-22)5-4-12-15(17)23(11-2-3-11)19-14(16(12)24)18(25)21-27-19/h4-5,10-11H,2-3,6-9,20H2,1H3,(H,21,25)/t10-/m0/s1. The number of nitrogens with zero attached hydrogens (tertiary/aromatic N) is 2. The zero-order valence-electron chi connectivity index (χ0n) is 15.2. The Balaban J connectivity index is 1.84. The maximum atomic E-state index is 13.1. The maximum Gasteiger partial charge on any atom is 0.271 e. The largest absolute Gasteiger partial charge is 0.492 e. The molecule has 2 aliphatic rings. The average Bonchev–Trinajstić information content (AvgIpc) is 3.27. The number of aromatic nitrogens is 2. The number of nitrogens with one attached hydrogen (secondary N) is 1. The monoisotopic (exact) mass is 386 g/mol. The van der Waals surface area contributed by atoms with Crippen molar-refractivity contribution in [2.45, 2.75) is 25.3 Å². The van der Waals surface area contributed by atoms with Gasteiger partial charge in [0.25, 0.3) is 5.56 Å². The van der Waals surface area contributed by atoms with Gasteiger partial charge < -0.3 is 19.9 Å². The molecule has 1 aliphatic heterocycles. The Morgan fingerprint density at radius 3 is 2.78 bits per heavy atom. The molecule has 8 heteroatoms. The first-order valence-corrected chi connectivity index (χ1v) is 10.2. The van der Waals surface area contributed by atoms with Crippen molar-refractivity contribution in [1.82, 2.24) is 8.94 Å². The van der Waals surface area contributed by atoms with E-state index in [0.29, 0.717) is 23.9 Å². The first-order valence-electron chi connectivity index (χ1n) is 9.35. The second kappa shape index (κ2) is 6.10. The van der Waals surface area contributed by atoms with Gasteiger partial charge in [-0.3, -0.25) is 14.0 Å². The van der Waals surface area contributed by atoms with Gasteiger partial charge >= 0.3 is 0 Å². The number of hydrogen-bond donors (Lipinski definition) is 2. The zero-order chi connectivity index (χ0) is 18.7. The van der Waals surface area contributed by atoms with Gasteiger partial charge in [-0.25, -0.2) is 0 Å². The molecule has 1 saturated carbocycles. The first kappa shape index (κ1) is 16.8. The van der Waals surface area contributed by atoms with Crippen LogP contribution in [0.2, 0.25) is 0 Å². The number of methoxy groups -OCH3 is 1. The van der Waals surface area contributed by atoms with Crippen LogP contribution >= 0.6 is 11.5 Å². The zero-order valence-corrected chi connectivity index (χ0v) is 16.0. The van der Waals surface area contributed by atoms with Gasteiger partial charge in [0.1, 0.15) is 10.2 Å². The number of pyridine rings is 1. The third kappa shape index (κ3) is 2.43. The average molecular weight is 386 g/mol. The lowest BCUT2D eigenvalue weighted by Crippen LogP contribution is -2.23. The summed E-state index contributed by atoms with van der Waals surface area (Å²) in [6, 6.07) is 4.10. The fourth-order valence-electron chi connectivity index (χ4n) is 4.26. The maximum absolute atomic E-state index is 13.1. The van der Waals surface area contributed by atoms with E-state index in [2.05, 4.69) is 13.8 Å². The van der Waals surface area contributed by atoms with Gasteiger partial charge in [-0.05, 0) is 55.4 Å². The number of aromatic amines is 1. The molecule has 0 radical (unpaired) electrons. The molecule has 2 fully saturated rings. The summed E-state index contributed by atoms with van der Waals surface area (Å²) in [4.78, 5) is 28.3. The number of H-pyrrole nitrogens is 1. The molecule has 1 saturated heterocycles. The number of rotatable bonds is 4. The molecular formula is C19H22N4O3S. The van der Waals surface area contributed by atoms with Crippen LogP contribution in [0.15, 0.2) is 21.7 Å². The highest BCUT2D eigenvalue weighted by Crippen LogP contribution is 2.45. The van der Waals surface area contributed by atoms with E-state index in [1.807, 2.05) is 12.1 Å². The topological polar surface area (TPSA) is 93.3 Å². The molecule has 1 aromatic carbocycles. The Morgan fingerprint density at radius 1 is 1.30 bits per heavy atom. The highest BCUT2D eigenvalue weighted by molar-refractivity contribution is 7.12. The fourth-order valence-corrected chi connectivity index (χ4v) is 5.18. The Morgan fingerprint density at radius 2 is 2.11 bits per heavy atom. The number of hydrogen-bond acceptors (Lipinski definition) is 6. The van der Waals surface area contributed by atoms with Crippen molar-refractivity contribution < 1.29 is 4.74 Å². The van der Waals surface area contributed by atoms with E-state index in [4.69, 9.17) is 10.5 Å². The molecule has 1 atom stereocenters. The molecular weight excluding hydrogens is 364 g/mol. The van der Waals surface area contributed by atoms with Crippen molar-refractivity contribution in [3.05, 3.63) is 32.7 Å². The lowest BCUT2D eigenvalue weighted by molar-refractivity contribution is 0.417. The van der Waals surface area contributed by atoms with E-state index in [9.17, 15) is 9.59 Å². The quantitative estimate of drug-likeness (QED) is 0.716. The minimum absolute atomic E-state index is 0.217. The van der Waals surface area contributed by atoms with Crippen molar-refractivity contribution in [2.24, 2.45) is 11.7 Å². The Hall–Kier alpha value is -2.32. The summed E-state index contributed by atoms with van der Waals surface area (Å²) < 4.78 is 10.7. The SMILES string of the molecule is COc1c(N2CC[C@@H](CN)C2)ccc2c(=O)c3c(=O)[nH]sc3n(C3CC3)c12. The molecule has 3 heterocycles. The predicted molar refractivity (Wildman–Crippen MR) is 108 cm³/mol. The molecule has 1 aliphatic carbocycles. The molecule has 3 aromatic rings. The number of ether oxygens (including phenoxy) is 1. The molecule has 27 heavy (non-hydrogen) atoms. The minimum Gasteiger partial charge on any atom is -0.492 e. The van der Waals surface area contributed by atoms with Crippen LogP contribution in [0.25, 0.3) is 21.1 Å². The van der Waals surface area contributed by atoms with Crippen molar-refractivity contribution >= 4 is 38.3 Å². The summed E-state index contributed by atoms with van der Waals surface area (Å²) in [5.74, 6) is 1.20. The fraction of sp³-hybridized carbons (Fsp3) is 0.474. The van der Waals surface area contributed by atoms with Crippen LogP contribution in [-0.4, -0.2) is 35.7 Å². The Bertz CT molecular complexity index is 1160. The van der Waals surface area contributed by atoms with Crippen molar-refractivity contribution in [3.63, 3.8) is 0 Å². The second-order valence-electron chi connectivity index (χ2n) is 7.49. The molecule has 7 nitrogen and oxygen atoms in total. The van der Waals surface area contributed by atoms with Gasteiger partial charge in [0.05, 0.1) is 23.7 Å². The van der Waals surface area contributed by atoms with E-state index >= 15 is 0 Å². The highest BCUT2D eigenvalue weighted by Gasteiger charge is 2.32. The Kier molecular flexibility index (Phi) is 3.80. The van der Waals surface area contributed by atoms with Crippen LogP contribution < -0.4 is 26.4 Å². The van der Waals surface area contributed by atoms with E-state index in [-0.39, 0.29) is 16.4 Å². The van der Waals surface area contributed by atoms with Crippen LogP contribution in [0.1, 0.15) is 25.3 Å². The Labute approximate surface area is 159 Å².